The Morgan fingerprint density at radius 1 is 1.10 bits per heavy atom. The minimum atomic E-state index is 0. The Hall–Kier alpha value is -1.39. The Labute approximate surface area is 203 Å². The Bertz CT molecular complexity index is 760. The quantitative estimate of drug-likeness (QED) is 0.351. The molecule has 1 N–H and O–H groups in total. The van der Waals surface area contributed by atoms with Gasteiger partial charge in [0, 0.05) is 57.8 Å². The van der Waals surface area contributed by atoms with E-state index in [0.717, 1.165) is 51.8 Å². The molecule has 0 aromatic heterocycles. The second-order valence-corrected chi connectivity index (χ2v) is 8.50. The fourth-order valence-electron chi connectivity index (χ4n) is 4.48. The van der Waals surface area contributed by atoms with Gasteiger partial charge in [-0.15, -0.1) is 24.0 Å². The molecule has 8 heteroatoms. The normalized spacial score (nSPS) is 24.5. The van der Waals surface area contributed by atoms with E-state index >= 15 is 0 Å². The summed E-state index contributed by atoms with van der Waals surface area (Å²) in [6.07, 6.45) is 1.17. The molecule has 0 spiro atoms. The van der Waals surface area contributed by atoms with Crippen LogP contribution in [0.2, 0.25) is 0 Å². The van der Waals surface area contributed by atoms with Gasteiger partial charge in [-0.1, -0.05) is 24.3 Å². The van der Waals surface area contributed by atoms with Crippen molar-refractivity contribution in [1.82, 2.24) is 20.0 Å². The summed E-state index contributed by atoms with van der Waals surface area (Å²) in [6, 6.07) is 9.16. The maximum atomic E-state index is 12.5. The van der Waals surface area contributed by atoms with Gasteiger partial charge in [0.05, 0.1) is 19.8 Å². The van der Waals surface area contributed by atoms with E-state index in [4.69, 9.17) is 9.73 Å². The highest BCUT2D eigenvalue weighted by molar-refractivity contribution is 14.0. The first-order valence-corrected chi connectivity index (χ1v) is 11.3. The highest BCUT2D eigenvalue weighted by Crippen LogP contribution is 2.42. The average molecular weight is 541 g/mol. The minimum absolute atomic E-state index is 0. The van der Waals surface area contributed by atoms with Crippen molar-refractivity contribution in [3.63, 3.8) is 0 Å². The van der Waals surface area contributed by atoms with E-state index in [1.165, 1.54) is 17.5 Å². The number of benzene rings is 1. The lowest BCUT2D eigenvalue weighted by Gasteiger charge is -2.37. The lowest BCUT2D eigenvalue weighted by molar-refractivity contribution is -0.136. The van der Waals surface area contributed by atoms with Gasteiger partial charge in [0.25, 0.3) is 0 Å². The SMILES string of the molecule is CCN=C(NC1CC1c1ccccc1C)N1CCN(CC(=O)N2CCOCC2)CC1.I. The summed E-state index contributed by atoms with van der Waals surface area (Å²) in [5.41, 5.74) is 2.83. The lowest BCUT2D eigenvalue weighted by Crippen LogP contribution is -2.55. The Kier molecular flexibility index (Phi) is 8.97. The monoisotopic (exact) mass is 541 g/mol. The number of hydrogen-bond acceptors (Lipinski definition) is 4. The van der Waals surface area contributed by atoms with Crippen molar-refractivity contribution >= 4 is 35.8 Å². The fourth-order valence-corrected chi connectivity index (χ4v) is 4.48. The maximum absolute atomic E-state index is 12.5. The molecule has 1 amide bonds. The molecule has 0 bridgehead atoms. The van der Waals surface area contributed by atoms with Gasteiger partial charge in [-0.25, -0.2) is 0 Å². The largest absolute Gasteiger partial charge is 0.378 e. The molecular formula is C23H36IN5O2. The number of guanidine groups is 1. The second kappa shape index (κ2) is 11.5. The summed E-state index contributed by atoms with van der Waals surface area (Å²) in [5, 5.41) is 3.71. The predicted molar refractivity (Wildman–Crippen MR) is 134 cm³/mol. The van der Waals surface area contributed by atoms with E-state index < -0.39 is 0 Å². The zero-order chi connectivity index (χ0) is 20.9. The van der Waals surface area contributed by atoms with Gasteiger partial charge in [-0.2, -0.15) is 0 Å². The molecule has 1 saturated carbocycles. The number of rotatable bonds is 5. The first-order valence-electron chi connectivity index (χ1n) is 11.3. The van der Waals surface area contributed by atoms with Crippen molar-refractivity contribution in [2.45, 2.75) is 32.2 Å². The van der Waals surface area contributed by atoms with E-state index in [-0.39, 0.29) is 29.9 Å². The molecular weight excluding hydrogens is 505 g/mol. The molecule has 3 fully saturated rings. The van der Waals surface area contributed by atoms with E-state index in [9.17, 15) is 4.79 Å². The molecule has 1 aromatic rings. The van der Waals surface area contributed by atoms with Gasteiger partial charge in [0.1, 0.15) is 0 Å². The average Bonchev–Trinajstić information content (AvgIpc) is 3.54. The zero-order valence-corrected chi connectivity index (χ0v) is 21.1. The summed E-state index contributed by atoms with van der Waals surface area (Å²) >= 11 is 0. The van der Waals surface area contributed by atoms with Crippen LogP contribution in [0.3, 0.4) is 0 Å². The predicted octanol–water partition coefficient (Wildman–Crippen LogP) is 1.91. The van der Waals surface area contributed by atoms with Gasteiger partial charge in [-0.05, 0) is 31.4 Å². The molecule has 172 valence electrons. The van der Waals surface area contributed by atoms with E-state index in [2.05, 4.69) is 53.2 Å². The van der Waals surface area contributed by atoms with E-state index in [0.29, 0.717) is 31.7 Å². The van der Waals surface area contributed by atoms with Crippen molar-refractivity contribution in [3.05, 3.63) is 35.4 Å². The number of piperazine rings is 1. The van der Waals surface area contributed by atoms with Gasteiger partial charge in [0.2, 0.25) is 5.91 Å². The number of carbonyl (C=O) groups excluding carboxylic acids is 1. The highest BCUT2D eigenvalue weighted by Gasteiger charge is 2.40. The van der Waals surface area contributed by atoms with Crippen molar-refractivity contribution in [1.29, 1.82) is 0 Å². The molecule has 1 aliphatic carbocycles. The third kappa shape index (κ3) is 6.32. The number of halogens is 1. The first-order chi connectivity index (χ1) is 14.7. The molecule has 7 nitrogen and oxygen atoms in total. The van der Waals surface area contributed by atoms with Crippen LogP contribution in [0.15, 0.2) is 29.3 Å². The number of aliphatic imine (C=N–C) groups is 1. The molecule has 0 radical (unpaired) electrons. The summed E-state index contributed by atoms with van der Waals surface area (Å²) in [7, 11) is 0. The summed E-state index contributed by atoms with van der Waals surface area (Å²) in [5.74, 6) is 1.84. The van der Waals surface area contributed by atoms with Crippen LogP contribution in [0.5, 0.6) is 0 Å². The zero-order valence-electron chi connectivity index (χ0n) is 18.8. The Balaban J connectivity index is 0.00000272. The summed E-state index contributed by atoms with van der Waals surface area (Å²) < 4.78 is 5.35. The van der Waals surface area contributed by atoms with Crippen LogP contribution in [0, 0.1) is 6.92 Å². The Morgan fingerprint density at radius 3 is 2.48 bits per heavy atom. The molecule has 2 aliphatic heterocycles. The molecule has 2 unspecified atom stereocenters. The standard InChI is InChI=1S/C23H35N5O2.HI/c1-3-24-23(25-21-16-20(21)19-7-5-4-6-18(19)2)28-10-8-26(9-11-28)17-22(29)27-12-14-30-15-13-27;/h4-7,20-21H,3,8-17H2,1-2H3,(H,24,25);1H. The minimum Gasteiger partial charge on any atom is -0.378 e. The third-order valence-electron chi connectivity index (χ3n) is 6.40. The van der Waals surface area contributed by atoms with Crippen LogP contribution in [0.25, 0.3) is 0 Å². The van der Waals surface area contributed by atoms with Crippen molar-refractivity contribution in [2.75, 3.05) is 65.6 Å². The number of carbonyl (C=O) groups is 1. The smallest absolute Gasteiger partial charge is 0.236 e. The van der Waals surface area contributed by atoms with Crippen LogP contribution >= 0.6 is 24.0 Å². The number of amides is 1. The summed E-state index contributed by atoms with van der Waals surface area (Å²) in [6.45, 7) is 11.9. The van der Waals surface area contributed by atoms with Crippen LogP contribution < -0.4 is 5.32 Å². The molecule has 2 saturated heterocycles. The van der Waals surface area contributed by atoms with Gasteiger partial charge in [0.15, 0.2) is 5.96 Å². The number of nitrogens with zero attached hydrogens (tertiary/aromatic N) is 4. The van der Waals surface area contributed by atoms with E-state index in [1.54, 1.807) is 0 Å². The second-order valence-electron chi connectivity index (χ2n) is 8.50. The summed E-state index contributed by atoms with van der Waals surface area (Å²) in [4.78, 5) is 23.8. The Morgan fingerprint density at radius 2 is 1.81 bits per heavy atom. The van der Waals surface area contributed by atoms with Gasteiger partial charge in [-0.3, -0.25) is 14.7 Å². The van der Waals surface area contributed by atoms with Crippen LogP contribution in [0.1, 0.15) is 30.4 Å². The van der Waals surface area contributed by atoms with Crippen LogP contribution in [-0.4, -0.2) is 98.2 Å². The molecule has 4 rings (SSSR count). The van der Waals surface area contributed by atoms with Crippen molar-refractivity contribution in [3.8, 4) is 0 Å². The molecule has 31 heavy (non-hydrogen) atoms. The van der Waals surface area contributed by atoms with Crippen molar-refractivity contribution in [2.24, 2.45) is 4.99 Å². The third-order valence-corrected chi connectivity index (χ3v) is 6.40. The lowest BCUT2D eigenvalue weighted by atomic mass is 10.0. The molecule has 1 aromatic carbocycles. The highest BCUT2D eigenvalue weighted by atomic mass is 127. The van der Waals surface area contributed by atoms with E-state index in [1.807, 2.05) is 4.90 Å². The molecule has 2 atom stereocenters. The van der Waals surface area contributed by atoms with Crippen LogP contribution in [0.4, 0.5) is 0 Å². The first kappa shape index (κ1) is 24.3. The van der Waals surface area contributed by atoms with Gasteiger partial charge >= 0.3 is 0 Å². The fraction of sp³-hybridized carbons (Fsp3) is 0.652. The molecule has 2 heterocycles. The maximum Gasteiger partial charge on any atom is 0.236 e. The topological polar surface area (TPSA) is 60.4 Å². The number of morpholine rings is 1. The number of aryl methyl sites for hydroxylation is 1. The number of hydrogen-bond donors (Lipinski definition) is 1. The van der Waals surface area contributed by atoms with Crippen molar-refractivity contribution < 1.29 is 9.53 Å². The number of ether oxygens (including phenoxy) is 1. The number of nitrogens with one attached hydrogen (secondary N) is 1. The van der Waals surface area contributed by atoms with Gasteiger partial charge < -0.3 is 19.9 Å². The van der Waals surface area contributed by atoms with Crippen LogP contribution in [-0.2, 0) is 9.53 Å². The molecule has 3 aliphatic rings.